The third-order valence-electron chi connectivity index (χ3n) is 3.19. The predicted molar refractivity (Wildman–Crippen MR) is 78.3 cm³/mol. The molecular formula is C16H22N2O2. The number of carbonyl (C=O) groups is 1. The van der Waals surface area contributed by atoms with Crippen LogP contribution in [0.5, 0.6) is 5.75 Å². The Morgan fingerprint density at radius 1 is 1.40 bits per heavy atom. The van der Waals surface area contributed by atoms with Crippen LogP contribution in [-0.4, -0.2) is 30.5 Å². The van der Waals surface area contributed by atoms with Crippen LogP contribution in [0.1, 0.15) is 25.8 Å². The van der Waals surface area contributed by atoms with Crippen LogP contribution in [0, 0.1) is 24.2 Å². The van der Waals surface area contributed by atoms with Gasteiger partial charge in [0.25, 0.3) is 0 Å². The molecule has 0 radical (unpaired) electrons. The maximum atomic E-state index is 12.1. The molecule has 4 nitrogen and oxygen atoms in total. The minimum Gasteiger partial charge on any atom is -0.494 e. The first-order chi connectivity index (χ1) is 9.62. The lowest BCUT2D eigenvalue weighted by Gasteiger charge is -2.21. The zero-order valence-corrected chi connectivity index (χ0v) is 12.4. The second-order valence-electron chi connectivity index (χ2n) is 4.65. The second-order valence-corrected chi connectivity index (χ2v) is 4.65. The highest BCUT2D eigenvalue weighted by molar-refractivity contribution is 5.81. The van der Waals surface area contributed by atoms with Gasteiger partial charge in [-0.25, -0.2) is 0 Å². The number of nitriles is 1. The van der Waals surface area contributed by atoms with Crippen LogP contribution < -0.4 is 4.74 Å². The van der Waals surface area contributed by atoms with Gasteiger partial charge >= 0.3 is 0 Å². The van der Waals surface area contributed by atoms with E-state index in [9.17, 15) is 4.79 Å². The van der Waals surface area contributed by atoms with Crippen molar-refractivity contribution >= 4 is 5.91 Å². The standard InChI is InChI=1S/C16H22N2O2/c1-4-18(5-2)16(19)14(12-17)9-10-20-15-8-6-7-13(3)11-15/h6-8,11,14H,4-5,9-10H2,1-3H3. The normalized spacial score (nSPS) is 11.5. The first-order valence-corrected chi connectivity index (χ1v) is 7.00. The summed E-state index contributed by atoms with van der Waals surface area (Å²) in [5.41, 5.74) is 1.12. The van der Waals surface area contributed by atoms with Crippen LogP contribution >= 0.6 is 0 Å². The van der Waals surface area contributed by atoms with Gasteiger partial charge in [0.2, 0.25) is 5.91 Å². The molecule has 0 spiro atoms. The SMILES string of the molecule is CCN(CC)C(=O)C(C#N)CCOc1cccc(C)c1. The Kier molecular flexibility index (Phi) is 6.58. The van der Waals surface area contributed by atoms with Gasteiger partial charge in [-0.3, -0.25) is 4.79 Å². The topological polar surface area (TPSA) is 53.3 Å². The number of rotatable bonds is 7. The van der Waals surface area contributed by atoms with Gasteiger partial charge in [-0.1, -0.05) is 12.1 Å². The highest BCUT2D eigenvalue weighted by Crippen LogP contribution is 2.14. The Balaban J connectivity index is 2.50. The second kappa shape index (κ2) is 8.21. The minimum atomic E-state index is -0.625. The lowest BCUT2D eigenvalue weighted by molar-refractivity contribution is -0.133. The van der Waals surface area contributed by atoms with E-state index in [1.165, 1.54) is 0 Å². The molecule has 108 valence electrons. The highest BCUT2D eigenvalue weighted by Gasteiger charge is 2.22. The Morgan fingerprint density at radius 3 is 2.65 bits per heavy atom. The average molecular weight is 274 g/mol. The molecule has 1 aromatic rings. The number of ether oxygens (including phenoxy) is 1. The summed E-state index contributed by atoms with van der Waals surface area (Å²) in [6.07, 6.45) is 0.416. The van der Waals surface area contributed by atoms with Crippen molar-refractivity contribution in [1.29, 1.82) is 5.26 Å². The fourth-order valence-corrected chi connectivity index (χ4v) is 2.00. The van der Waals surface area contributed by atoms with Crippen molar-refractivity contribution < 1.29 is 9.53 Å². The maximum absolute atomic E-state index is 12.1. The number of hydrogen-bond donors (Lipinski definition) is 0. The monoisotopic (exact) mass is 274 g/mol. The van der Waals surface area contributed by atoms with E-state index in [0.29, 0.717) is 26.1 Å². The molecule has 0 aliphatic rings. The lowest BCUT2D eigenvalue weighted by Crippen LogP contribution is -2.36. The fraction of sp³-hybridized carbons (Fsp3) is 0.500. The minimum absolute atomic E-state index is 0.106. The largest absolute Gasteiger partial charge is 0.494 e. The van der Waals surface area contributed by atoms with Gasteiger partial charge in [-0.2, -0.15) is 5.26 Å². The molecule has 1 amide bonds. The van der Waals surface area contributed by atoms with Gasteiger partial charge in [-0.15, -0.1) is 0 Å². The highest BCUT2D eigenvalue weighted by atomic mass is 16.5. The van der Waals surface area contributed by atoms with E-state index in [0.717, 1.165) is 11.3 Å². The van der Waals surface area contributed by atoms with Gasteiger partial charge in [0, 0.05) is 19.5 Å². The Labute approximate surface area is 121 Å². The molecule has 0 saturated carbocycles. The van der Waals surface area contributed by atoms with Crippen LogP contribution in [-0.2, 0) is 4.79 Å². The quantitative estimate of drug-likeness (QED) is 0.768. The molecule has 0 aromatic heterocycles. The van der Waals surface area contributed by atoms with Gasteiger partial charge < -0.3 is 9.64 Å². The molecule has 1 aromatic carbocycles. The number of aryl methyl sites for hydroxylation is 1. The molecule has 20 heavy (non-hydrogen) atoms. The van der Waals surface area contributed by atoms with E-state index in [4.69, 9.17) is 10.00 Å². The Morgan fingerprint density at radius 2 is 2.10 bits per heavy atom. The number of nitrogens with zero attached hydrogens (tertiary/aromatic N) is 2. The molecule has 1 atom stereocenters. The van der Waals surface area contributed by atoms with E-state index >= 15 is 0 Å². The first kappa shape index (κ1) is 16.0. The van der Waals surface area contributed by atoms with Crippen molar-refractivity contribution in [3.05, 3.63) is 29.8 Å². The third-order valence-corrected chi connectivity index (χ3v) is 3.19. The van der Waals surface area contributed by atoms with Crippen LogP contribution in [0.25, 0.3) is 0 Å². The molecule has 4 heteroatoms. The van der Waals surface area contributed by atoms with Crippen LogP contribution in [0.15, 0.2) is 24.3 Å². The molecule has 0 aliphatic carbocycles. The van der Waals surface area contributed by atoms with Crippen LogP contribution in [0.2, 0.25) is 0 Å². The van der Waals surface area contributed by atoms with Crippen molar-refractivity contribution in [1.82, 2.24) is 4.90 Å². The molecule has 1 unspecified atom stereocenters. The number of benzene rings is 1. The van der Waals surface area contributed by atoms with Gasteiger partial charge in [0.15, 0.2) is 0 Å². The summed E-state index contributed by atoms with van der Waals surface area (Å²) in [7, 11) is 0. The molecule has 0 saturated heterocycles. The maximum Gasteiger partial charge on any atom is 0.240 e. The lowest BCUT2D eigenvalue weighted by atomic mass is 10.1. The third kappa shape index (κ3) is 4.58. The smallest absolute Gasteiger partial charge is 0.240 e. The van der Waals surface area contributed by atoms with Crippen LogP contribution in [0.3, 0.4) is 0 Å². The molecule has 0 bridgehead atoms. The molecule has 0 fully saturated rings. The van der Waals surface area contributed by atoms with Crippen molar-refractivity contribution in [2.24, 2.45) is 5.92 Å². The first-order valence-electron chi connectivity index (χ1n) is 7.00. The Bertz CT molecular complexity index is 476. The summed E-state index contributed by atoms with van der Waals surface area (Å²) in [6.45, 7) is 7.46. The van der Waals surface area contributed by atoms with Gasteiger partial charge in [0.1, 0.15) is 11.7 Å². The zero-order valence-electron chi connectivity index (χ0n) is 12.4. The van der Waals surface area contributed by atoms with Crippen molar-refractivity contribution in [2.75, 3.05) is 19.7 Å². The number of carbonyl (C=O) groups excluding carboxylic acids is 1. The van der Waals surface area contributed by atoms with Gasteiger partial charge in [0.05, 0.1) is 12.7 Å². The molecule has 0 aliphatic heterocycles. The van der Waals surface area contributed by atoms with Gasteiger partial charge in [-0.05, 0) is 38.5 Å². The zero-order chi connectivity index (χ0) is 15.0. The van der Waals surface area contributed by atoms with Crippen molar-refractivity contribution in [2.45, 2.75) is 27.2 Å². The van der Waals surface area contributed by atoms with E-state index in [-0.39, 0.29) is 5.91 Å². The van der Waals surface area contributed by atoms with Crippen molar-refractivity contribution in [3.8, 4) is 11.8 Å². The average Bonchev–Trinajstić information content (AvgIpc) is 2.45. The fourth-order valence-electron chi connectivity index (χ4n) is 2.00. The summed E-state index contributed by atoms with van der Waals surface area (Å²) >= 11 is 0. The van der Waals surface area contributed by atoms with Crippen molar-refractivity contribution in [3.63, 3.8) is 0 Å². The number of hydrogen-bond acceptors (Lipinski definition) is 3. The Hall–Kier alpha value is -2.02. The molecule has 0 N–H and O–H groups in total. The molecule has 1 rings (SSSR count). The summed E-state index contributed by atoms with van der Waals surface area (Å²) in [4.78, 5) is 13.8. The molecular weight excluding hydrogens is 252 g/mol. The molecule has 0 heterocycles. The van der Waals surface area contributed by atoms with E-state index in [1.807, 2.05) is 45.0 Å². The van der Waals surface area contributed by atoms with Crippen LogP contribution in [0.4, 0.5) is 0 Å². The number of amides is 1. The predicted octanol–water partition coefficient (Wildman–Crippen LogP) is 2.77. The summed E-state index contributed by atoms with van der Waals surface area (Å²) in [5.74, 6) is 0.0435. The summed E-state index contributed by atoms with van der Waals surface area (Å²) in [6, 6.07) is 9.81. The van der Waals surface area contributed by atoms with E-state index in [1.54, 1.807) is 4.90 Å². The van der Waals surface area contributed by atoms with E-state index < -0.39 is 5.92 Å². The summed E-state index contributed by atoms with van der Waals surface area (Å²) in [5, 5.41) is 9.12. The van der Waals surface area contributed by atoms with E-state index in [2.05, 4.69) is 6.07 Å². The summed E-state index contributed by atoms with van der Waals surface area (Å²) < 4.78 is 5.59.